The van der Waals surface area contributed by atoms with Crippen LogP contribution in [0.15, 0.2) is 0 Å². The van der Waals surface area contributed by atoms with Gasteiger partial charge < -0.3 is 0 Å². The monoisotopic (exact) mass is 430 g/mol. The van der Waals surface area contributed by atoms with Crippen molar-refractivity contribution in [2.45, 2.75) is 126 Å². The van der Waals surface area contributed by atoms with Gasteiger partial charge in [-0.2, -0.15) is 0 Å². The Labute approximate surface area is 197 Å². The Balaban J connectivity index is 0.000000176. The predicted molar refractivity (Wildman–Crippen MR) is 138 cm³/mol. The molecule has 0 N–H and O–H groups in total. The first-order valence-electron chi connectivity index (χ1n) is 14.7. The van der Waals surface area contributed by atoms with Gasteiger partial charge in [0, 0.05) is 0 Å². The van der Waals surface area contributed by atoms with E-state index in [-0.39, 0.29) is 0 Å². The van der Waals surface area contributed by atoms with Crippen molar-refractivity contribution in [3.05, 3.63) is 0 Å². The largest absolute Gasteiger partial charge is 0.0625 e. The molecule has 0 aromatic rings. The molecule has 0 spiro atoms. The summed E-state index contributed by atoms with van der Waals surface area (Å²) in [5.74, 6) is 12.1. The Morgan fingerprint density at radius 2 is 0.581 bits per heavy atom. The van der Waals surface area contributed by atoms with Gasteiger partial charge in [0.05, 0.1) is 0 Å². The average Bonchev–Trinajstić information content (AvgIpc) is 3.19. The summed E-state index contributed by atoms with van der Waals surface area (Å²) in [6.45, 7) is 19.5. The number of hydrogen-bond acceptors (Lipinski definition) is 0. The molecule has 4 saturated carbocycles. The number of rotatable bonds is 4. The van der Waals surface area contributed by atoms with Crippen molar-refractivity contribution in [2.24, 2.45) is 71.0 Å². The van der Waals surface area contributed by atoms with Crippen LogP contribution in [0.2, 0.25) is 0 Å². The lowest BCUT2D eigenvalue weighted by Crippen LogP contribution is -2.38. The van der Waals surface area contributed by atoms with Gasteiger partial charge in [0.1, 0.15) is 0 Å². The van der Waals surface area contributed by atoms with Gasteiger partial charge >= 0.3 is 0 Å². The first-order chi connectivity index (χ1) is 14.7. The third kappa shape index (κ3) is 6.32. The topological polar surface area (TPSA) is 0 Å². The zero-order valence-electron chi connectivity index (χ0n) is 22.7. The maximum atomic E-state index is 2.45. The van der Waals surface area contributed by atoms with E-state index >= 15 is 0 Å². The van der Waals surface area contributed by atoms with Gasteiger partial charge in [0.25, 0.3) is 0 Å². The molecular formula is C31H58. The standard InChI is InChI=1S/C16H30.C15H28/c1-11(2)15-9-13-7-5-6-8-14(13)10-16(15)12(3)4;1-10(2)14-8-12-6-5-7-13(12)9-15(14)11(3)4/h11-16H,5-10H2,1-4H3;10-15H,5-9H2,1-4H3. The molecule has 0 radical (unpaired) electrons. The van der Waals surface area contributed by atoms with Crippen LogP contribution < -0.4 is 0 Å². The van der Waals surface area contributed by atoms with Crippen LogP contribution in [0.4, 0.5) is 0 Å². The van der Waals surface area contributed by atoms with Crippen molar-refractivity contribution in [3.8, 4) is 0 Å². The minimum Gasteiger partial charge on any atom is -0.0625 e. The smallest absolute Gasteiger partial charge is 0.0357 e. The Kier molecular flexibility index (Phi) is 9.44. The van der Waals surface area contributed by atoms with Crippen molar-refractivity contribution in [1.82, 2.24) is 0 Å². The summed E-state index contributed by atoms with van der Waals surface area (Å²) < 4.78 is 0. The van der Waals surface area contributed by atoms with Crippen LogP contribution >= 0.6 is 0 Å². The molecule has 0 heteroatoms. The van der Waals surface area contributed by atoms with E-state index in [4.69, 9.17) is 0 Å². The highest BCUT2D eigenvalue weighted by Crippen LogP contribution is 2.51. The quantitative estimate of drug-likeness (QED) is 0.416. The van der Waals surface area contributed by atoms with Crippen LogP contribution in [0.25, 0.3) is 0 Å². The Hall–Kier alpha value is 0. The van der Waals surface area contributed by atoms with E-state index in [2.05, 4.69) is 55.4 Å². The summed E-state index contributed by atoms with van der Waals surface area (Å²) in [6.07, 6.45) is 16.9. The lowest BCUT2D eigenvalue weighted by molar-refractivity contribution is 0.0317. The summed E-state index contributed by atoms with van der Waals surface area (Å²) in [4.78, 5) is 0. The van der Waals surface area contributed by atoms with Crippen LogP contribution in [-0.4, -0.2) is 0 Å². The van der Waals surface area contributed by atoms with Crippen molar-refractivity contribution in [3.63, 3.8) is 0 Å². The SMILES string of the molecule is CC(C)C1CC2CCCC2CC1C(C)C.CC(C)C1CC2CCCCC2CC1C(C)C. The van der Waals surface area contributed by atoms with Gasteiger partial charge in [0.2, 0.25) is 0 Å². The van der Waals surface area contributed by atoms with Crippen molar-refractivity contribution < 1.29 is 0 Å². The second-order valence-corrected chi connectivity index (χ2v) is 13.8. The molecular weight excluding hydrogens is 372 g/mol. The van der Waals surface area contributed by atoms with Crippen molar-refractivity contribution in [1.29, 1.82) is 0 Å². The fourth-order valence-corrected chi connectivity index (χ4v) is 8.80. The summed E-state index contributed by atoms with van der Waals surface area (Å²) in [5.41, 5.74) is 0. The Bertz CT molecular complexity index is 468. The van der Waals surface area contributed by atoms with E-state index in [1.807, 2.05) is 0 Å². The maximum absolute atomic E-state index is 2.45. The lowest BCUT2D eigenvalue weighted by Gasteiger charge is -2.47. The minimum absolute atomic E-state index is 0.898. The van der Waals surface area contributed by atoms with Crippen LogP contribution in [-0.2, 0) is 0 Å². The summed E-state index contributed by atoms with van der Waals surface area (Å²) >= 11 is 0. The highest BCUT2D eigenvalue weighted by atomic mass is 14.5. The average molecular weight is 431 g/mol. The highest BCUT2D eigenvalue weighted by Gasteiger charge is 2.41. The molecule has 182 valence electrons. The fourth-order valence-electron chi connectivity index (χ4n) is 8.80. The second kappa shape index (κ2) is 11.4. The molecule has 8 unspecified atom stereocenters. The molecule has 4 aliphatic rings. The first-order valence-corrected chi connectivity index (χ1v) is 14.7. The van der Waals surface area contributed by atoms with E-state index < -0.39 is 0 Å². The van der Waals surface area contributed by atoms with E-state index in [0.717, 1.165) is 71.0 Å². The van der Waals surface area contributed by atoms with Gasteiger partial charge in [-0.15, -0.1) is 0 Å². The Morgan fingerprint density at radius 1 is 0.355 bits per heavy atom. The van der Waals surface area contributed by atoms with Gasteiger partial charge in [-0.05, 0) is 96.7 Å². The van der Waals surface area contributed by atoms with E-state index in [0.29, 0.717) is 0 Å². The van der Waals surface area contributed by atoms with Gasteiger partial charge in [-0.25, -0.2) is 0 Å². The van der Waals surface area contributed by atoms with E-state index in [9.17, 15) is 0 Å². The Morgan fingerprint density at radius 3 is 0.806 bits per heavy atom. The van der Waals surface area contributed by atoms with Gasteiger partial charge in [-0.1, -0.05) is 100 Å². The molecule has 0 aromatic carbocycles. The normalized spacial score (nSPS) is 40.6. The third-order valence-electron chi connectivity index (χ3n) is 10.7. The molecule has 0 bridgehead atoms. The zero-order chi connectivity index (χ0) is 22.7. The maximum Gasteiger partial charge on any atom is -0.0357 e. The molecule has 4 aliphatic carbocycles. The lowest BCUT2D eigenvalue weighted by atomic mass is 9.59. The molecule has 0 heterocycles. The van der Waals surface area contributed by atoms with Crippen LogP contribution in [0, 0.1) is 71.0 Å². The summed E-state index contributed by atoms with van der Waals surface area (Å²) in [5, 5.41) is 0. The van der Waals surface area contributed by atoms with Gasteiger partial charge in [-0.3, -0.25) is 0 Å². The second-order valence-electron chi connectivity index (χ2n) is 13.8. The predicted octanol–water partition coefficient (Wildman–Crippen LogP) is 9.87. The minimum atomic E-state index is 0.898. The number of fused-ring (bicyclic) bond motifs is 2. The molecule has 0 aliphatic heterocycles. The summed E-state index contributed by atoms with van der Waals surface area (Å²) in [6, 6.07) is 0. The van der Waals surface area contributed by atoms with Crippen LogP contribution in [0.1, 0.15) is 126 Å². The molecule has 4 fully saturated rings. The molecule has 0 aromatic heterocycles. The zero-order valence-corrected chi connectivity index (χ0v) is 22.7. The first kappa shape index (κ1) is 25.6. The molecule has 0 saturated heterocycles. The molecule has 31 heavy (non-hydrogen) atoms. The highest BCUT2D eigenvalue weighted by molar-refractivity contribution is 4.91. The van der Waals surface area contributed by atoms with Crippen molar-refractivity contribution >= 4 is 0 Å². The molecule has 4 rings (SSSR count). The van der Waals surface area contributed by atoms with Crippen LogP contribution in [0.3, 0.4) is 0 Å². The summed E-state index contributed by atoms with van der Waals surface area (Å²) in [7, 11) is 0. The van der Waals surface area contributed by atoms with E-state index in [1.54, 1.807) is 51.4 Å². The van der Waals surface area contributed by atoms with Crippen molar-refractivity contribution in [2.75, 3.05) is 0 Å². The molecule has 0 amide bonds. The third-order valence-corrected chi connectivity index (χ3v) is 10.7. The fraction of sp³-hybridized carbons (Fsp3) is 1.00. The molecule has 8 atom stereocenters. The van der Waals surface area contributed by atoms with E-state index in [1.165, 1.54) is 19.3 Å². The van der Waals surface area contributed by atoms with Crippen LogP contribution in [0.5, 0.6) is 0 Å². The molecule has 0 nitrogen and oxygen atoms in total. The number of hydrogen-bond donors (Lipinski definition) is 0. The van der Waals surface area contributed by atoms with Gasteiger partial charge in [0.15, 0.2) is 0 Å².